The molecule has 0 spiro atoms. The molecule has 1 atom stereocenters. The second-order valence-electron chi connectivity index (χ2n) is 5.84. The van der Waals surface area contributed by atoms with Gasteiger partial charge in [-0.1, -0.05) is 18.2 Å². The quantitative estimate of drug-likeness (QED) is 0.924. The zero-order chi connectivity index (χ0) is 15.7. The van der Waals surface area contributed by atoms with Crippen molar-refractivity contribution in [1.29, 1.82) is 0 Å². The summed E-state index contributed by atoms with van der Waals surface area (Å²) in [5.74, 6) is -0.343. The molecule has 21 heavy (non-hydrogen) atoms. The summed E-state index contributed by atoms with van der Waals surface area (Å²) < 4.78 is 41.4. The van der Waals surface area contributed by atoms with Gasteiger partial charge in [0.05, 0.1) is 0 Å². The van der Waals surface area contributed by atoms with Gasteiger partial charge in [0.1, 0.15) is 11.9 Å². The lowest BCUT2D eigenvalue weighted by atomic mass is 9.89. The van der Waals surface area contributed by atoms with Crippen molar-refractivity contribution in [3.63, 3.8) is 0 Å². The van der Waals surface area contributed by atoms with E-state index in [1.165, 1.54) is 18.2 Å². The number of benzene rings is 1. The molecule has 3 nitrogen and oxygen atoms in total. The van der Waals surface area contributed by atoms with E-state index in [0.717, 1.165) is 25.9 Å². The predicted molar refractivity (Wildman–Crippen MR) is 73.0 cm³/mol. The highest BCUT2D eigenvalue weighted by atomic mass is 19.4. The molecular formula is C15H20F3NO2. The standard InChI is InChI=1S/C15H20F3NO2/c1-14(2,19-9-5-6-10-19)13(20)11-7-3-4-8-12(11)21-15(16,17)18/h3-4,7-8,13,20H,5-6,9-10H2,1-2H3. The highest BCUT2D eigenvalue weighted by Gasteiger charge is 2.39. The van der Waals surface area contributed by atoms with Gasteiger partial charge in [0.2, 0.25) is 0 Å². The molecule has 1 heterocycles. The summed E-state index contributed by atoms with van der Waals surface area (Å²) in [5.41, 5.74) is -0.492. The lowest BCUT2D eigenvalue weighted by Gasteiger charge is -2.40. The maximum atomic E-state index is 12.5. The number of hydrogen-bond acceptors (Lipinski definition) is 3. The van der Waals surface area contributed by atoms with Gasteiger partial charge in [0.25, 0.3) is 0 Å². The van der Waals surface area contributed by atoms with Gasteiger partial charge in [-0.25, -0.2) is 0 Å². The van der Waals surface area contributed by atoms with Gasteiger partial charge in [0, 0.05) is 11.1 Å². The first-order valence-corrected chi connectivity index (χ1v) is 6.99. The summed E-state index contributed by atoms with van der Waals surface area (Å²) in [6, 6.07) is 5.76. The van der Waals surface area contributed by atoms with Crippen molar-refractivity contribution in [2.45, 2.75) is 44.7 Å². The molecule has 2 rings (SSSR count). The summed E-state index contributed by atoms with van der Waals surface area (Å²) in [6.07, 6.45) is -3.75. The van der Waals surface area contributed by atoms with Gasteiger partial charge >= 0.3 is 6.36 Å². The Hall–Kier alpha value is -1.27. The fraction of sp³-hybridized carbons (Fsp3) is 0.600. The third-order valence-corrected chi connectivity index (χ3v) is 4.03. The molecular weight excluding hydrogens is 283 g/mol. The first-order valence-electron chi connectivity index (χ1n) is 6.99. The van der Waals surface area contributed by atoms with Gasteiger partial charge in [-0.15, -0.1) is 13.2 Å². The van der Waals surface area contributed by atoms with Gasteiger partial charge < -0.3 is 9.84 Å². The molecule has 0 amide bonds. The minimum Gasteiger partial charge on any atom is -0.405 e. The SMILES string of the molecule is CC(C)(C(O)c1ccccc1OC(F)(F)F)N1CCCC1. The number of likely N-dealkylation sites (tertiary alicyclic amines) is 1. The summed E-state index contributed by atoms with van der Waals surface area (Å²) in [7, 11) is 0. The smallest absolute Gasteiger partial charge is 0.405 e. The van der Waals surface area contributed by atoms with Crippen LogP contribution in [-0.2, 0) is 0 Å². The predicted octanol–water partition coefficient (Wildman–Crippen LogP) is 3.49. The zero-order valence-electron chi connectivity index (χ0n) is 12.2. The number of aliphatic hydroxyl groups excluding tert-OH is 1. The summed E-state index contributed by atoms with van der Waals surface area (Å²) in [6.45, 7) is 5.36. The third-order valence-electron chi connectivity index (χ3n) is 4.03. The number of ether oxygens (including phenoxy) is 1. The van der Waals surface area contributed by atoms with Crippen LogP contribution in [0.15, 0.2) is 24.3 Å². The Morgan fingerprint density at radius 3 is 2.29 bits per heavy atom. The van der Waals surface area contributed by atoms with E-state index in [9.17, 15) is 18.3 Å². The molecule has 0 aliphatic carbocycles. The highest BCUT2D eigenvalue weighted by Crippen LogP contribution is 2.38. The van der Waals surface area contributed by atoms with E-state index in [0.29, 0.717) is 0 Å². The van der Waals surface area contributed by atoms with Crippen LogP contribution in [0.5, 0.6) is 5.75 Å². The molecule has 1 aliphatic heterocycles. The number of nitrogens with zero attached hydrogens (tertiary/aromatic N) is 1. The van der Waals surface area contributed by atoms with E-state index in [1.807, 2.05) is 13.8 Å². The lowest BCUT2D eigenvalue weighted by Crippen LogP contribution is -2.47. The van der Waals surface area contributed by atoms with Crippen LogP contribution in [0.4, 0.5) is 13.2 Å². The first-order chi connectivity index (χ1) is 9.72. The topological polar surface area (TPSA) is 32.7 Å². The van der Waals surface area contributed by atoms with Crippen molar-refractivity contribution in [2.24, 2.45) is 0 Å². The molecule has 0 radical (unpaired) electrons. The lowest BCUT2D eigenvalue weighted by molar-refractivity contribution is -0.275. The fourth-order valence-corrected chi connectivity index (χ4v) is 2.77. The molecule has 1 N–H and O–H groups in total. The number of halogens is 3. The molecule has 118 valence electrons. The minimum absolute atomic E-state index is 0.159. The second kappa shape index (κ2) is 5.85. The molecule has 0 aromatic heterocycles. The Bertz CT molecular complexity index is 482. The summed E-state index contributed by atoms with van der Waals surface area (Å²) in [5, 5.41) is 10.6. The number of rotatable bonds is 4. The van der Waals surface area contributed by atoms with Crippen LogP contribution in [0.25, 0.3) is 0 Å². The third kappa shape index (κ3) is 3.68. The Balaban J connectivity index is 2.28. The van der Waals surface area contributed by atoms with Crippen LogP contribution < -0.4 is 4.74 Å². The van der Waals surface area contributed by atoms with E-state index in [2.05, 4.69) is 9.64 Å². The van der Waals surface area contributed by atoms with Gasteiger partial charge in [-0.3, -0.25) is 4.90 Å². The van der Waals surface area contributed by atoms with Gasteiger partial charge in [-0.05, 0) is 45.8 Å². The second-order valence-corrected chi connectivity index (χ2v) is 5.84. The maximum absolute atomic E-state index is 12.5. The Labute approximate surface area is 122 Å². The van der Waals surface area contributed by atoms with Crippen molar-refractivity contribution in [2.75, 3.05) is 13.1 Å². The monoisotopic (exact) mass is 303 g/mol. The summed E-state index contributed by atoms with van der Waals surface area (Å²) >= 11 is 0. The molecule has 1 saturated heterocycles. The van der Waals surface area contributed by atoms with Crippen molar-refractivity contribution >= 4 is 0 Å². The van der Waals surface area contributed by atoms with E-state index < -0.39 is 18.0 Å². The van der Waals surface area contributed by atoms with E-state index in [1.54, 1.807) is 6.07 Å². The Morgan fingerprint density at radius 2 is 1.71 bits per heavy atom. The van der Waals surface area contributed by atoms with Crippen molar-refractivity contribution in [1.82, 2.24) is 4.90 Å². The van der Waals surface area contributed by atoms with Crippen LogP contribution in [0, 0.1) is 0 Å². The molecule has 1 unspecified atom stereocenters. The van der Waals surface area contributed by atoms with Crippen LogP contribution in [0.3, 0.4) is 0 Å². The van der Waals surface area contributed by atoms with E-state index >= 15 is 0 Å². The molecule has 1 aromatic carbocycles. The number of hydrogen-bond donors (Lipinski definition) is 1. The van der Waals surface area contributed by atoms with E-state index in [4.69, 9.17) is 0 Å². The average Bonchev–Trinajstić information content (AvgIpc) is 2.91. The average molecular weight is 303 g/mol. The molecule has 0 bridgehead atoms. The normalized spacial score (nSPS) is 18.8. The van der Waals surface area contributed by atoms with Crippen molar-refractivity contribution in [3.8, 4) is 5.75 Å². The molecule has 1 aromatic rings. The van der Waals surface area contributed by atoms with Gasteiger partial charge in [0.15, 0.2) is 0 Å². The maximum Gasteiger partial charge on any atom is 0.573 e. The van der Waals surface area contributed by atoms with Crippen molar-refractivity contribution in [3.05, 3.63) is 29.8 Å². The van der Waals surface area contributed by atoms with E-state index in [-0.39, 0.29) is 11.3 Å². The number of aliphatic hydroxyl groups is 1. The van der Waals surface area contributed by atoms with Gasteiger partial charge in [-0.2, -0.15) is 0 Å². The van der Waals surface area contributed by atoms with Crippen molar-refractivity contribution < 1.29 is 23.0 Å². The Morgan fingerprint density at radius 1 is 1.14 bits per heavy atom. The highest BCUT2D eigenvalue weighted by molar-refractivity contribution is 5.37. The van der Waals surface area contributed by atoms with Crippen LogP contribution >= 0.6 is 0 Å². The Kier molecular flexibility index (Phi) is 4.49. The van der Waals surface area contributed by atoms with Crippen LogP contribution in [0.1, 0.15) is 38.4 Å². The minimum atomic E-state index is -4.77. The number of alkyl halides is 3. The fourth-order valence-electron chi connectivity index (χ4n) is 2.77. The number of para-hydroxylation sites is 1. The molecule has 1 fully saturated rings. The molecule has 0 saturated carbocycles. The van der Waals surface area contributed by atoms with Crippen LogP contribution in [-0.4, -0.2) is 35.0 Å². The first kappa shape index (κ1) is 16.1. The summed E-state index contributed by atoms with van der Waals surface area (Å²) in [4.78, 5) is 2.10. The van der Waals surface area contributed by atoms with Crippen LogP contribution in [0.2, 0.25) is 0 Å². The largest absolute Gasteiger partial charge is 0.573 e. The molecule has 1 aliphatic rings. The zero-order valence-corrected chi connectivity index (χ0v) is 12.2. The molecule has 6 heteroatoms.